The van der Waals surface area contributed by atoms with Crippen molar-refractivity contribution >= 4 is 23.7 Å². The van der Waals surface area contributed by atoms with Gasteiger partial charge in [-0.1, -0.05) is 12.5 Å². The van der Waals surface area contributed by atoms with E-state index in [0.29, 0.717) is 17.7 Å². The second-order valence-electron chi connectivity index (χ2n) is 4.33. The molecule has 19 heavy (non-hydrogen) atoms. The Kier molecular flexibility index (Phi) is 5.84. The molecule has 1 aliphatic heterocycles. The van der Waals surface area contributed by atoms with Crippen molar-refractivity contribution in [1.29, 1.82) is 0 Å². The van der Waals surface area contributed by atoms with Crippen LogP contribution >= 0.6 is 11.8 Å². The van der Waals surface area contributed by atoms with Crippen LogP contribution in [-0.2, 0) is 9.59 Å². The van der Waals surface area contributed by atoms with Crippen LogP contribution in [0.5, 0.6) is 0 Å². The number of carboxylic acids is 2. The Labute approximate surface area is 115 Å². The number of carbonyl (C=O) groups is 2. The third kappa shape index (κ3) is 3.95. The van der Waals surface area contributed by atoms with E-state index in [1.807, 2.05) is 0 Å². The van der Waals surface area contributed by atoms with Crippen LogP contribution < -0.4 is 5.32 Å². The summed E-state index contributed by atoms with van der Waals surface area (Å²) in [7, 11) is 0. The molecular weight excluding hydrogens is 270 g/mol. The summed E-state index contributed by atoms with van der Waals surface area (Å²) in [5.74, 6) is -3.26. The summed E-state index contributed by atoms with van der Waals surface area (Å²) < 4.78 is 0. The summed E-state index contributed by atoms with van der Waals surface area (Å²) in [6, 6.07) is -0.915. The zero-order valence-corrected chi connectivity index (χ0v) is 11.4. The molecule has 6 nitrogen and oxygen atoms in total. The number of unbranched alkanes of at least 4 members (excludes halogenated alkanes) is 1. The maximum absolute atomic E-state index is 11.1. The molecule has 0 aromatic rings. The Morgan fingerprint density at radius 1 is 1.53 bits per heavy atom. The van der Waals surface area contributed by atoms with Crippen molar-refractivity contribution in [3.05, 3.63) is 17.9 Å². The van der Waals surface area contributed by atoms with E-state index in [2.05, 4.69) is 12.2 Å². The van der Waals surface area contributed by atoms with Gasteiger partial charge >= 0.3 is 11.9 Å². The number of aliphatic hydroxyl groups is 1. The molecule has 108 valence electrons. The lowest BCUT2D eigenvalue weighted by Crippen LogP contribution is -2.45. The van der Waals surface area contributed by atoms with Crippen molar-refractivity contribution in [2.24, 2.45) is 5.92 Å². The smallest absolute Gasteiger partial charge is 0.325 e. The molecule has 1 unspecified atom stereocenters. The molecule has 1 heterocycles. The highest BCUT2D eigenvalue weighted by Gasteiger charge is 2.42. The molecule has 7 heteroatoms. The highest BCUT2D eigenvalue weighted by molar-refractivity contribution is 8.04. The minimum Gasteiger partial charge on any atom is -0.481 e. The average molecular weight is 288 g/mol. The Morgan fingerprint density at radius 3 is 2.58 bits per heavy atom. The van der Waals surface area contributed by atoms with Crippen molar-refractivity contribution in [2.75, 3.05) is 0 Å². The Hall–Kier alpha value is -1.05. The number of hydrogen-bond donors (Lipinski definition) is 4. The van der Waals surface area contributed by atoms with Crippen molar-refractivity contribution in [2.45, 2.75) is 37.3 Å². The Balaban J connectivity index is 2.90. The van der Waals surface area contributed by atoms with E-state index in [1.54, 1.807) is 6.08 Å². The number of rotatable bonds is 6. The summed E-state index contributed by atoms with van der Waals surface area (Å²) in [5, 5.41) is 29.8. The Bertz CT molecular complexity index is 382. The predicted molar refractivity (Wildman–Crippen MR) is 71.4 cm³/mol. The normalized spacial score (nSPS) is 28.3. The van der Waals surface area contributed by atoms with Crippen LogP contribution in [0.3, 0.4) is 0 Å². The summed E-state index contributed by atoms with van der Waals surface area (Å²) >= 11 is 1.15. The van der Waals surface area contributed by atoms with E-state index in [4.69, 9.17) is 10.2 Å². The second kappa shape index (κ2) is 6.93. The minimum atomic E-state index is -1.15. The first-order chi connectivity index (χ1) is 8.88. The highest BCUT2D eigenvalue weighted by atomic mass is 32.2. The quantitative estimate of drug-likeness (QED) is 0.532. The van der Waals surface area contributed by atoms with E-state index in [-0.39, 0.29) is 0 Å². The number of allylic oxidation sites excluding steroid dienone is 1. The molecule has 0 aromatic carbocycles. The van der Waals surface area contributed by atoms with Crippen LogP contribution in [-0.4, -0.2) is 44.8 Å². The molecule has 4 N–H and O–H groups in total. The van der Waals surface area contributed by atoms with E-state index in [9.17, 15) is 14.7 Å². The van der Waals surface area contributed by atoms with Crippen molar-refractivity contribution in [3.63, 3.8) is 0 Å². The van der Waals surface area contributed by atoms with Gasteiger partial charge in [-0.25, -0.2) is 0 Å². The third-order valence-electron chi connectivity index (χ3n) is 2.81. The molecule has 0 saturated carbocycles. The van der Waals surface area contributed by atoms with E-state index >= 15 is 0 Å². The molecule has 4 atom stereocenters. The van der Waals surface area contributed by atoms with Crippen LogP contribution in [0, 0.1) is 12.8 Å². The first-order valence-electron chi connectivity index (χ1n) is 5.94. The van der Waals surface area contributed by atoms with Crippen LogP contribution in [0.1, 0.15) is 19.8 Å². The summed E-state index contributed by atoms with van der Waals surface area (Å²) in [4.78, 5) is 22.9. The van der Waals surface area contributed by atoms with Crippen molar-refractivity contribution in [3.8, 4) is 0 Å². The fourth-order valence-electron chi connectivity index (χ4n) is 1.86. The maximum atomic E-state index is 11.1. The lowest BCUT2D eigenvalue weighted by molar-refractivity contribution is -0.146. The van der Waals surface area contributed by atoms with Crippen LogP contribution in [0.15, 0.2) is 11.0 Å². The van der Waals surface area contributed by atoms with E-state index < -0.39 is 35.4 Å². The summed E-state index contributed by atoms with van der Waals surface area (Å²) in [5.41, 5.74) is 0. The van der Waals surface area contributed by atoms with E-state index in [1.165, 1.54) is 6.92 Å². The summed E-state index contributed by atoms with van der Waals surface area (Å²) in [6.45, 7) is 5.05. The number of carboxylic acid groups (broad SMARTS) is 2. The minimum absolute atomic E-state index is 0.577. The van der Waals surface area contributed by atoms with Gasteiger partial charge in [0.05, 0.1) is 11.5 Å². The second-order valence-corrected chi connectivity index (χ2v) is 5.54. The standard InChI is InChI=1S/C12H18NO5S/c1-3-4-5-7-9(12(17)18)13-10(19-7)8(6(2)14)11(15)16/h5-6,8-10,13-14H,1,3-4H2,2H3,(H,15,16)(H,17,18)/q-1/b7-5-/t6-,8-,9?,10-/m1/s1. The van der Waals surface area contributed by atoms with Crippen molar-refractivity contribution in [1.82, 2.24) is 5.32 Å². The highest BCUT2D eigenvalue weighted by Crippen LogP contribution is 2.36. The zero-order valence-electron chi connectivity index (χ0n) is 10.6. The molecule has 0 bridgehead atoms. The molecule has 1 saturated heterocycles. The molecule has 1 aliphatic rings. The van der Waals surface area contributed by atoms with E-state index in [0.717, 1.165) is 11.8 Å². The fourth-order valence-corrected chi connectivity index (χ4v) is 3.37. The largest absolute Gasteiger partial charge is 0.481 e. The topological polar surface area (TPSA) is 107 Å². The van der Waals surface area contributed by atoms with Gasteiger partial charge in [0.15, 0.2) is 0 Å². The maximum Gasteiger partial charge on any atom is 0.325 e. The first kappa shape index (κ1) is 16.0. The van der Waals surface area contributed by atoms with Crippen LogP contribution in [0.4, 0.5) is 0 Å². The summed E-state index contributed by atoms with van der Waals surface area (Å²) in [6.07, 6.45) is 1.96. The van der Waals surface area contributed by atoms with Gasteiger partial charge in [0.25, 0.3) is 0 Å². The molecule has 1 rings (SSSR count). The molecular formula is C12H18NO5S-. The predicted octanol–water partition coefficient (Wildman–Crippen LogP) is 0.682. The van der Waals surface area contributed by atoms with Gasteiger partial charge in [-0.2, -0.15) is 6.42 Å². The molecule has 0 spiro atoms. The van der Waals surface area contributed by atoms with Gasteiger partial charge in [0, 0.05) is 4.91 Å². The monoisotopic (exact) mass is 288 g/mol. The van der Waals surface area contributed by atoms with Crippen molar-refractivity contribution < 1.29 is 24.9 Å². The molecule has 0 amide bonds. The zero-order chi connectivity index (χ0) is 14.6. The number of thioether (sulfide) groups is 1. The number of aliphatic carboxylic acids is 2. The lowest BCUT2D eigenvalue weighted by Gasteiger charge is -2.21. The van der Waals surface area contributed by atoms with Gasteiger partial charge in [-0.15, -0.1) is 11.8 Å². The SMILES string of the molecule is [CH2-]CC/C=C1\S[C@H]([C@H](C(=O)O)[C@@H](C)O)NC1C(=O)O. The Morgan fingerprint density at radius 2 is 2.16 bits per heavy atom. The average Bonchev–Trinajstić information content (AvgIpc) is 2.69. The number of hydrogen-bond acceptors (Lipinski definition) is 5. The molecule has 0 aliphatic carbocycles. The van der Waals surface area contributed by atoms with Gasteiger partial charge in [-0.3, -0.25) is 14.9 Å². The molecule has 0 aromatic heterocycles. The van der Waals surface area contributed by atoms with Gasteiger partial charge in [0.2, 0.25) is 0 Å². The molecule has 0 radical (unpaired) electrons. The van der Waals surface area contributed by atoms with Crippen LogP contribution in [0.25, 0.3) is 0 Å². The van der Waals surface area contributed by atoms with Gasteiger partial charge < -0.3 is 22.2 Å². The van der Waals surface area contributed by atoms with Gasteiger partial charge in [-0.05, 0) is 6.92 Å². The fraction of sp³-hybridized carbons (Fsp3) is 0.583. The third-order valence-corrected chi connectivity index (χ3v) is 4.16. The van der Waals surface area contributed by atoms with Crippen LogP contribution in [0.2, 0.25) is 0 Å². The first-order valence-corrected chi connectivity index (χ1v) is 6.82. The molecule has 1 fully saturated rings. The number of aliphatic hydroxyl groups excluding tert-OH is 1. The number of nitrogens with one attached hydrogen (secondary N) is 1. The lowest BCUT2D eigenvalue weighted by atomic mass is 10.0. The van der Waals surface area contributed by atoms with Gasteiger partial charge in [0.1, 0.15) is 12.0 Å².